The van der Waals surface area contributed by atoms with Gasteiger partial charge in [0.05, 0.1) is 23.5 Å². The molecule has 6 nitrogen and oxygen atoms in total. The van der Waals surface area contributed by atoms with E-state index in [-0.39, 0.29) is 29.2 Å². The summed E-state index contributed by atoms with van der Waals surface area (Å²) in [6.07, 6.45) is 6.91. The number of ether oxygens (including phenoxy) is 1. The third-order valence-corrected chi connectivity index (χ3v) is 7.44. The third-order valence-electron chi connectivity index (χ3n) is 7.44. The number of hydrogen-bond acceptors (Lipinski definition) is 5. The predicted molar refractivity (Wildman–Crippen MR) is 122 cm³/mol. The van der Waals surface area contributed by atoms with E-state index in [1.165, 1.54) is 5.56 Å². The van der Waals surface area contributed by atoms with Crippen LogP contribution in [-0.2, 0) is 16.6 Å². The van der Waals surface area contributed by atoms with E-state index in [1.54, 1.807) is 0 Å². The molecule has 31 heavy (non-hydrogen) atoms. The first-order valence-electron chi connectivity index (χ1n) is 11.7. The Morgan fingerprint density at radius 2 is 2.03 bits per heavy atom. The number of fused-ring (bicyclic) bond motifs is 4. The van der Waals surface area contributed by atoms with Crippen molar-refractivity contribution in [1.82, 2.24) is 9.55 Å². The van der Waals surface area contributed by atoms with Crippen LogP contribution >= 0.6 is 0 Å². The molecule has 0 unspecified atom stereocenters. The van der Waals surface area contributed by atoms with Crippen molar-refractivity contribution < 1.29 is 9.84 Å². The highest BCUT2D eigenvalue weighted by Gasteiger charge is 2.45. The van der Waals surface area contributed by atoms with E-state index in [0.29, 0.717) is 19.1 Å². The Morgan fingerprint density at radius 3 is 2.77 bits per heavy atom. The van der Waals surface area contributed by atoms with Crippen LogP contribution in [-0.4, -0.2) is 40.0 Å². The normalized spacial score (nSPS) is 23.4. The molecule has 1 saturated heterocycles. The fourth-order valence-corrected chi connectivity index (χ4v) is 6.09. The summed E-state index contributed by atoms with van der Waals surface area (Å²) in [6, 6.07) is 8.44. The number of nitrogens with one attached hydrogen (secondary N) is 1. The molecular weight excluding hydrogens is 390 g/mol. The second-order valence-electron chi connectivity index (χ2n) is 10.1. The van der Waals surface area contributed by atoms with Gasteiger partial charge in [0.1, 0.15) is 0 Å². The first kappa shape index (κ1) is 20.7. The largest absolute Gasteiger partial charge is 0.395 e. The van der Waals surface area contributed by atoms with Crippen LogP contribution in [0, 0.1) is 0 Å². The predicted octanol–water partition coefficient (Wildman–Crippen LogP) is 3.81. The molecule has 2 heterocycles. The van der Waals surface area contributed by atoms with Gasteiger partial charge in [0.25, 0.3) is 5.56 Å². The zero-order valence-electron chi connectivity index (χ0n) is 18.6. The smallest absolute Gasteiger partial charge is 0.259 e. The molecule has 1 aliphatic heterocycles. The van der Waals surface area contributed by atoms with Crippen LogP contribution in [0.1, 0.15) is 69.5 Å². The lowest BCUT2D eigenvalue weighted by Gasteiger charge is -2.40. The van der Waals surface area contributed by atoms with Crippen LogP contribution in [0.15, 0.2) is 29.1 Å². The van der Waals surface area contributed by atoms with Crippen molar-refractivity contribution in [2.24, 2.45) is 0 Å². The van der Waals surface area contributed by atoms with Crippen molar-refractivity contribution in [2.75, 3.05) is 25.1 Å². The molecular formula is C25H33N3O3. The monoisotopic (exact) mass is 423 g/mol. The van der Waals surface area contributed by atoms with E-state index in [2.05, 4.69) is 37.4 Å². The first-order chi connectivity index (χ1) is 14.9. The molecule has 2 aliphatic carbocycles. The van der Waals surface area contributed by atoms with Gasteiger partial charge in [0.2, 0.25) is 5.95 Å². The molecule has 0 radical (unpaired) electrons. The molecule has 2 fully saturated rings. The van der Waals surface area contributed by atoms with Crippen molar-refractivity contribution >= 4 is 5.95 Å². The first-order valence-corrected chi connectivity index (χ1v) is 11.7. The van der Waals surface area contributed by atoms with Crippen molar-refractivity contribution in [3.63, 3.8) is 0 Å². The van der Waals surface area contributed by atoms with E-state index < -0.39 is 0 Å². The molecule has 1 aromatic heterocycles. The lowest BCUT2D eigenvalue weighted by Crippen LogP contribution is -2.44. The summed E-state index contributed by atoms with van der Waals surface area (Å²) in [5, 5.41) is 12.7. The average Bonchev–Trinajstić information content (AvgIpc) is 3.19. The fourth-order valence-electron chi connectivity index (χ4n) is 6.09. The number of anilines is 1. The molecule has 3 aliphatic rings. The number of benzene rings is 1. The highest BCUT2D eigenvalue weighted by Crippen LogP contribution is 2.50. The molecule has 166 valence electrons. The second kappa shape index (κ2) is 7.75. The number of rotatable bonds is 4. The van der Waals surface area contributed by atoms with Crippen molar-refractivity contribution in [1.29, 1.82) is 0 Å². The van der Waals surface area contributed by atoms with Gasteiger partial charge in [-0.1, -0.05) is 37.1 Å². The van der Waals surface area contributed by atoms with E-state index in [1.807, 2.05) is 10.6 Å². The average molecular weight is 424 g/mol. The van der Waals surface area contributed by atoms with Gasteiger partial charge in [-0.15, -0.1) is 0 Å². The van der Waals surface area contributed by atoms with Crippen LogP contribution in [0.5, 0.6) is 0 Å². The van der Waals surface area contributed by atoms with E-state index in [0.717, 1.165) is 61.8 Å². The molecule has 5 rings (SSSR count). The molecule has 0 amide bonds. The summed E-state index contributed by atoms with van der Waals surface area (Å²) in [6.45, 7) is 5.17. The Kier molecular flexibility index (Phi) is 5.18. The molecule has 2 N–H and O–H groups in total. The standard InChI is InChI=1S/C25H33N3O3/c1-24(2)16-18(9-14-31-24)28-22(30)20-21(27-23(28)26-12-13-29)19-8-4-3-7-17(19)15-25(20)10-5-6-11-25/h3-4,7-8,18,29H,5-6,9-16H2,1-2H3,(H,26,27)/t18-/m1/s1. The zero-order valence-corrected chi connectivity index (χ0v) is 18.6. The van der Waals surface area contributed by atoms with Gasteiger partial charge in [0.15, 0.2) is 0 Å². The van der Waals surface area contributed by atoms with Gasteiger partial charge >= 0.3 is 0 Å². The molecule has 1 atom stereocenters. The minimum absolute atomic E-state index is 0.00719. The van der Waals surface area contributed by atoms with Gasteiger partial charge < -0.3 is 15.2 Å². The van der Waals surface area contributed by atoms with Gasteiger partial charge in [-0.05, 0) is 51.5 Å². The summed E-state index contributed by atoms with van der Waals surface area (Å²) in [7, 11) is 0. The molecule has 1 aromatic carbocycles. The van der Waals surface area contributed by atoms with Gasteiger partial charge in [-0.25, -0.2) is 4.98 Å². The summed E-state index contributed by atoms with van der Waals surface area (Å²) in [5.74, 6) is 0.574. The summed E-state index contributed by atoms with van der Waals surface area (Å²) >= 11 is 0. The number of hydrogen-bond donors (Lipinski definition) is 2. The van der Waals surface area contributed by atoms with Crippen LogP contribution in [0.25, 0.3) is 11.3 Å². The van der Waals surface area contributed by atoms with E-state index in [4.69, 9.17) is 9.72 Å². The lowest BCUT2D eigenvalue weighted by atomic mass is 9.68. The van der Waals surface area contributed by atoms with Crippen molar-refractivity contribution in [3.05, 3.63) is 45.7 Å². The molecule has 2 aromatic rings. The number of aliphatic hydroxyl groups is 1. The molecule has 0 bridgehead atoms. The maximum atomic E-state index is 14.3. The SMILES string of the molecule is CC1(C)C[C@H](n2c(NCCO)nc3c(c2=O)C2(CCCC2)Cc2ccccc2-3)CCO1. The fraction of sp³-hybridized carbons (Fsp3) is 0.600. The Labute approximate surface area is 183 Å². The highest BCUT2D eigenvalue weighted by molar-refractivity contribution is 5.72. The molecule has 6 heteroatoms. The van der Waals surface area contributed by atoms with Crippen molar-refractivity contribution in [3.8, 4) is 11.3 Å². The summed E-state index contributed by atoms with van der Waals surface area (Å²) in [5.41, 5.74) is 3.86. The van der Waals surface area contributed by atoms with Crippen LogP contribution in [0.4, 0.5) is 5.95 Å². The van der Waals surface area contributed by atoms with Crippen LogP contribution in [0.2, 0.25) is 0 Å². The lowest BCUT2D eigenvalue weighted by molar-refractivity contribution is -0.0694. The summed E-state index contributed by atoms with van der Waals surface area (Å²) in [4.78, 5) is 19.4. The molecule has 1 saturated carbocycles. The van der Waals surface area contributed by atoms with Crippen LogP contribution in [0.3, 0.4) is 0 Å². The van der Waals surface area contributed by atoms with Crippen molar-refractivity contribution in [2.45, 2.75) is 75.9 Å². The summed E-state index contributed by atoms with van der Waals surface area (Å²) < 4.78 is 7.83. The van der Waals surface area contributed by atoms with Gasteiger partial charge in [-0.2, -0.15) is 0 Å². The minimum Gasteiger partial charge on any atom is -0.395 e. The Hall–Kier alpha value is -2.18. The Bertz CT molecular complexity index is 1040. The number of aromatic nitrogens is 2. The van der Waals surface area contributed by atoms with Gasteiger partial charge in [-0.3, -0.25) is 9.36 Å². The topological polar surface area (TPSA) is 76.4 Å². The second-order valence-corrected chi connectivity index (χ2v) is 10.1. The van der Waals surface area contributed by atoms with E-state index >= 15 is 0 Å². The zero-order chi connectivity index (χ0) is 21.6. The maximum absolute atomic E-state index is 14.3. The van der Waals surface area contributed by atoms with Crippen LogP contribution < -0.4 is 10.9 Å². The third kappa shape index (κ3) is 3.50. The maximum Gasteiger partial charge on any atom is 0.259 e. The quantitative estimate of drug-likeness (QED) is 0.782. The Balaban J connectivity index is 1.74. The van der Waals surface area contributed by atoms with Gasteiger partial charge in [0, 0.05) is 30.2 Å². The Morgan fingerprint density at radius 1 is 1.26 bits per heavy atom. The highest BCUT2D eigenvalue weighted by atomic mass is 16.5. The molecule has 1 spiro atoms. The number of aliphatic hydroxyl groups excluding tert-OH is 1. The number of nitrogens with zero attached hydrogens (tertiary/aromatic N) is 2. The minimum atomic E-state index is -0.274. The van der Waals surface area contributed by atoms with E-state index in [9.17, 15) is 9.90 Å².